The minimum absolute atomic E-state index is 0.0328. The van der Waals surface area contributed by atoms with Crippen LogP contribution in [0.3, 0.4) is 0 Å². The van der Waals surface area contributed by atoms with Crippen molar-refractivity contribution in [3.05, 3.63) is 30.8 Å². The zero-order valence-electron chi connectivity index (χ0n) is 15.2. The molecule has 0 saturated carbocycles. The van der Waals surface area contributed by atoms with Gasteiger partial charge in [-0.3, -0.25) is 14.5 Å². The summed E-state index contributed by atoms with van der Waals surface area (Å²) >= 11 is 15.8. The SMILES string of the molecule is Nc1nc(C(N=O)C(=O)N[C@@H]2C(=O)N3C(C(=O)O)=C(Sc4nc(Cl)ns4)CSC23)c(Cl)s1. The van der Waals surface area contributed by atoms with Gasteiger partial charge < -0.3 is 16.2 Å². The first-order chi connectivity index (χ1) is 15.2. The van der Waals surface area contributed by atoms with Gasteiger partial charge in [-0.2, -0.15) is 9.36 Å². The third kappa shape index (κ3) is 4.17. The van der Waals surface area contributed by atoms with Gasteiger partial charge in [0.15, 0.2) is 9.47 Å². The highest BCUT2D eigenvalue weighted by Gasteiger charge is 2.55. The summed E-state index contributed by atoms with van der Waals surface area (Å²) in [4.78, 5) is 57.8. The number of nitrogen functional groups attached to an aromatic ring is 1. The molecule has 12 nitrogen and oxygen atoms in total. The van der Waals surface area contributed by atoms with Crippen LogP contribution in [0.1, 0.15) is 11.7 Å². The molecule has 18 heteroatoms. The van der Waals surface area contributed by atoms with Crippen LogP contribution in [0.15, 0.2) is 20.1 Å². The second-order valence-electron chi connectivity index (χ2n) is 6.12. The number of hydrogen-bond acceptors (Lipinski definition) is 13. The number of thioether (sulfide) groups is 2. The normalized spacial score (nSPS) is 21.1. The van der Waals surface area contributed by atoms with Gasteiger partial charge in [-0.1, -0.05) is 34.7 Å². The number of thiazole rings is 1. The maximum Gasteiger partial charge on any atom is 0.353 e. The first-order valence-electron chi connectivity index (χ1n) is 8.34. The lowest BCUT2D eigenvalue weighted by Gasteiger charge is -2.49. The Bertz CT molecular complexity index is 1170. The van der Waals surface area contributed by atoms with Gasteiger partial charge in [-0.25, -0.2) is 9.78 Å². The molecule has 2 aliphatic heterocycles. The van der Waals surface area contributed by atoms with Crippen LogP contribution in [0.5, 0.6) is 0 Å². The lowest BCUT2D eigenvalue weighted by atomic mass is 10.0. The fourth-order valence-corrected chi connectivity index (χ4v) is 7.37. The average molecular weight is 554 g/mol. The summed E-state index contributed by atoms with van der Waals surface area (Å²) < 4.78 is 4.29. The lowest BCUT2D eigenvalue weighted by molar-refractivity contribution is -0.150. The predicted molar refractivity (Wildman–Crippen MR) is 121 cm³/mol. The van der Waals surface area contributed by atoms with Crippen molar-refractivity contribution in [1.29, 1.82) is 0 Å². The van der Waals surface area contributed by atoms with Crippen molar-refractivity contribution in [3.63, 3.8) is 0 Å². The number of hydrogen-bond donors (Lipinski definition) is 3. The van der Waals surface area contributed by atoms with E-state index in [0.29, 0.717) is 9.24 Å². The van der Waals surface area contributed by atoms with Crippen molar-refractivity contribution in [1.82, 2.24) is 24.6 Å². The molecule has 32 heavy (non-hydrogen) atoms. The summed E-state index contributed by atoms with van der Waals surface area (Å²) in [5.74, 6) is -2.59. The number of fused-ring (bicyclic) bond motifs is 1. The number of carbonyl (C=O) groups excluding carboxylic acids is 2. The van der Waals surface area contributed by atoms with Gasteiger partial charge in [0.25, 0.3) is 11.8 Å². The maximum absolute atomic E-state index is 12.7. The van der Waals surface area contributed by atoms with Crippen LogP contribution in [0.4, 0.5) is 5.13 Å². The zero-order chi connectivity index (χ0) is 23.2. The highest BCUT2D eigenvalue weighted by atomic mass is 35.5. The van der Waals surface area contributed by atoms with E-state index in [0.717, 1.165) is 39.5 Å². The number of nitroso groups, excluding NO2 is 1. The van der Waals surface area contributed by atoms with Crippen molar-refractivity contribution in [2.75, 3.05) is 11.5 Å². The van der Waals surface area contributed by atoms with Crippen LogP contribution in [0.25, 0.3) is 0 Å². The van der Waals surface area contributed by atoms with E-state index in [2.05, 4.69) is 24.8 Å². The van der Waals surface area contributed by atoms with E-state index in [1.807, 2.05) is 0 Å². The first kappa shape index (κ1) is 23.2. The van der Waals surface area contributed by atoms with E-state index in [1.54, 1.807) is 0 Å². The number of aliphatic carboxylic acids is 1. The van der Waals surface area contributed by atoms with E-state index < -0.39 is 35.2 Å². The Hall–Kier alpha value is -1.98. The second kappa shape index (κ2) is 9.11. The van der Waals surface area contributed by atoms with Gasteiger partial charge in [-0.05, 0) is 28.3 Å². The van der Waals surface area contributed by atoms with E-state index >= 15 is 0 Å². The van der Waals surface area contributed by atoms with Crippen molar-refractivity contribution < 1.29 is 19.5 Å². The second-order valence-corrected chi connectivity index (χ2v) is 11.3. The monoisotopic (exact) mass is 553 g/mol. The Balaban J connectivity index is 1.52. The van der Waals surface area contributed by atoms with Gasteiger partial charge in [0, 0.05) is 10.7 Å². The number of halogens is 2. The zero-order valence-corrected chi connectivity index (χ0v) is 20.0. The number of anilines is 1. The summed E-state index contributed by atoms with van der Waals surface area (Å²) in [5, 5.41) is 14.3. The Morgan fingerprint density at radius 1 is 1.38 bits per heavy atom. The van der Waals surface area contributed by atoms with Crippen molar-refractivity contribution in [2.45, 2.75) is 21.8 Å². The molecule has 4 N–H and O–H groups in total. The number of rotatable bonds is 7. The number of aromatic nitrogens is 3. The van der Waals surface area contributed by atoms with Crippen LogP contribution in [0.2, 0.25) is 9.62 Å². The molecule has 1 fully saturated rings. The Labute approximate surface area is 205 Å². The van der Waals surface area contributed by atoms with Gasteiger partial charge in [0.1, 0.15) is 27.1 Å². The topological polar surface area (TPSA) is 181 Å². The molecule has 4 heterocycles. The number of β-lactam (4-membered cyclic amide) rings is 1. The van der Waals surface area contributed by atoms with Crippen LogP contribution in [0, 0.1) is 4.91 Å². The number of carboxylic acid groups (broad SMARTS) is 1. The highest BCUT2D eigenvalue weighted by molar-refractivity contribution is 8.07. The van der Waals surface area contributed by atoms with Gasteiger partial charge in [0.05, 0.1) is 0 Å². The molecule has 2 unspecified atom stereocenters. The molecular weight excluding hydrogens is 545 g/mol. The van der Waals surface area contributed by atoms with Crippen LogP contribution >= 0.6 is 69.6 Å². The van der Waals surface area contributed by atoms with E-state index in [9.17, 15) is 24.4 Å². The maximum atomic E-state index is 12.7. The van der Waals surface area contributed by atoms with Gasteiger partial charge in [0.2, 0.25) is 11.3 Å². The number of nitrogens with one attached hydrogen (secondary N) is 1. The molecule has 0 radical (unpaired) electrons. The quantitative estimate of drug-likeness (QED) is 0.337. The molecule has 0 spiro atoms. The fraction of sp³-hybridized carbons (Fsp3) is 0.286. The van der Waals surface area contributed by atoms with E-state index in [-0.39, 0.29) is 31.9 Å². The number of carbonyl (C=O) groups is 3. The third-order valence-corrected chi connectivity index (χ3v) is 8.95. The number of amides is 2. The Kier molecular flexibility index (Phi) is 6.60. The summed E-state index contributed by atoms with van der Waals surface area (Å²) in [7, 11) is 0. The molecule has 2 amide bonds. The summed E-state index contributed by atoms with van der Waals surface area (Å²) in [6.07, 6.45) is 0. The van der Waals surface area contributed by atoms with Crippen molar-refractivity contribution >= 4 is 92.5 Å². The summed E-state index contributed by atoms with van der Waals surface area (Å²) in [6, 6.07) is -2.65. The smallest absolute Gasteiger partial charge is 0.353 e. The summed E-state index contributed by atoms with van der Waals surface area (Å²) in [5.41, 5.74) is 5.22. The van der Waals surface area contributed by atoms with Crippen LogP contribution in [-0.4, -0.2) is 59.3 Å². The van der Waals surface area contributed by atoms with Crippen LogP contribution < -0.4 is 11.1 Å². The molecule has 0 bridgehead atoms. The Morgan fingerprint density at radius 3 is 2.69 bits per heavy atom. The Morgan fingerprint density at radius 2 is 2.12 bits per heavy atom. The van der Waals surface area contributed by atoms with E-state index in [4.69, 9.17) is 28.9 Å². The lowest BCUT2D eigenvalue weighted by Crippen LogP contribution is -2.70. The molecule has 3 atom stereocenters. The standard InChI is InChI=1S/C14H9Cl2N7O5S4/c15-7-3(19-13(17)31-7)4(21-28)8(24)18-5-9(25)23-6(11(26)27)2(1-29-10(5)23)30-14-20-12(16)22-32-14/h4-5,10H,1H2,(H2,17,19)(H,18,24)(H,26,27)/t4?,5-,10?/m1/s1. The molecule has 2 aliphatic rings. The average Bonchev–Trinajstić information content (AvgIpc) is 3.30. The molecule has 2 aromatic rings. The molecule has 1 saturated heterocycles. The highest BCUT2D eigenvalue weighted by Crippen LogP contribution is 2.45. The van der Waals surface area contributed by atoms with Crippen LogP contribution in [-0.2, 0) is 14.4 Å². The van der Waals surface area contributed by atoms with Gasteiger partial charge >= 0.3 is 5.97 Å². The fourth-order valence-electron chi connectivity index (χ4n) is 2.96. The van der Waals surface area contributed by atoms with Crippen molar-refractivity contribution in [2.24, 2.45) is 5.18 Å². The molecule has 168 valence electrons. The summed E-state index contributed by atoms with van der Waals surface area (Å²) in [6.45, 7) is 0. The van der Waals surface area contributed by atoms with Gasteiger partial charge in [-0.15, -0.1) is 16.7 Å². The molecule has 0 aliphatic carbocycles. The number of nitrogens with zero attached hydrogens (tertiary/aromatic N) is 5. The minimum atomic E-state index is -1.60. The molecule has 0 aromatic carbocycles. The third-order valence-electron chi connectivity index (χ3n) is 4.27. The van der Waals surface area contributed by atoms with E-state index in [1.165, 1.54) is 11.8 Å². The molecule has 4 rings (SSSR count). The molecule has 2 aromatic heterocycles. The first-order valence-corrected chi connectivity index (χ1v) is 12.5. The predicted octanol–water partition coefficient (Wildman–Crippen LogP) is 2.18. The number of carboxylic acids is 1. The minimum Gasteiger partial charge on any atom is -0.477 e. The van der Waals surface area contributed by atoms with Crippen molar-refractivity contribution in [3.8, 4) is 0 Å². The molecular formula is C14H9Cl2N7O5S4. The number of nitrogens with two attached hydrogens (primary N) is 1. The largest absolute Gasteiger partial charge is 0.477 e.